The molecule has 0 aliphatic heterocycles. The van der Waals surface area contributed by atoms with Gasteiger partial charge in [0.25, 0.3) is 11.8 Å². The van der Waals surface area contributed by atoms with Crippen molar-refractivity contribution in [1.82, 2.24) is 30.0 Å². The number of rotatable bonds is 6. The topological polar surface area (TPSA) is 93.0 Å². The smallest absolute Gasteiger partial charge is 0.269 e. The van der Waals surface area contributed by atoms with Gasteiger partial charge in [0.1, 0.15) is 11.5 Å². The lowest BCUT2D eigenvalue weighted by molar-refractivity contribution is 0.0827. The minimum Gasteiger partial charge on any atom is -0.347 e. The van der Waals surface area contributed by atoms with Gasteiger partial charge in [-0.2, -0.15) is 5.10 Å². The fraction of sp³-hybridized carbons (Fsp3) is 0.348. The molecule has 1 aliphatic rings. The summed E-state index contributed by atoms with van der Waals surface area (Å²) in [5.41, 5.74) is 4.41. The summed E-state index contributed by atoms with van der Waals surface area (Å²) in [6.07, 6.45) is 3.87. The van der Waals surface area contributed by atoms with Crippen LogP contribution in [0.5, 0.6) is 0 Å². The normalized spacial score (nSPS) is 13.2. The van der Waals surface area contributed by atoms with Gasteiger partial charge < -0.3 is 10.2 Å². The molecule has 2 aromatic heterocycles. The van der Waals surface area contributed by atoms with E-state index in [1.54, 1.807) is 38.9 Å². The van der Waals surface area contributed by atoms with E-state index >= 15 is 0 Å². The van der Waals surface area contributed by atoms with Crippen LogP contribution in [0.1, 0.15) is 56.7 Å². The first kappa shape index (κ1) is 20.7. The summed E-state index contributed by atoms with van der Waals surface area (Å²) < 4.78 is 1.65. The Labute approximate surface area is 181 Å². The van der Waals surface area contributed by atoms with Gasteiger partial charge in [0.05, 0.1) is 17.0 Å². The van der Waals surface area contributed by atoms with Crippen molar-refractivity contribution in [2.24, 2.45) is 7.05 Å². The highest BCUT2D eigenvalue weighted by atomic mass is 16.2. The van der Waals surface area contributed by atoms with Gasteiger partial charge in [-0.15, -0.1) is 0 Å². The van der Waals surface area contributed by atoms with Crippen LogP contribution in [-0.2, 0) is 13.6 Å². The highest BCUT2D eigenvalue weighted by molar-refractivity contribution is 5.99. The van der Waals surface area contributed by atoms with Crippen LogP contribution < -0.4 is 5.32 Å². The summed E-state index contributed by atoms with van der Waals surface area (Å²) in [7, 11) is 5.20. The Kier molecular flexibility index (Phi) is 5.54. The zero-order chi connectivity index (χ0) is 22.1. The molecule has 3 aromatic rings. The van der Waals surface area contributed by atoms with Crippen LogP contribution in [0.15, 0.2) is 36.5 Å². The van der Waals surface area contributed by atoms with Crippen molar-refractivity contribution in [3.05, 3.63) is 64.9 Å². The van der Waals surface area contributed by atoms with Gasteiger partial charge in [0.15, 0.2) is 0 Å². The number of hydrogen-bond donors (Lipinski definition) is 1. The molecule has 2 amide bonds. The Morgan fingerprint density at radius 3 is 2.55 bits per heavy atom. The molecule has 160 valence electrons. The Morgan fingerprint density at radius 2 is 1.90 bits per heavy atom. The number of aromatic nitrogens is 4. The number of benzene rings is 1. The Hall–Kier alpha value is -3.55. The van der Waals surface area contributed by atoms with E-state index in [2.05, 4.69) is 20.4 Å². The van der Waals surface area contributed by atoms with Crippen molar-refractivity contribution in [2.75, 3.05) is 14.1 Å². The van der Waals surface area contributed by atoms with Crippen molar-refractivity contribution in [3.8, 4) is 11.3 Å². The van der Waals surface area contributed by atoms with Crippen LogP contribution in [-0.4, -0.2) is 50.6 Å². The largest absolute Gasteiger partial charge is 0.347 e. The molecular weight excluding hydrogens is 392 g/mol. The molecule has 0 unspecified atom stereocenters. The maximum Gasteiger partial charge on any atom is 0.269 e. The molecule has 8 nitrogen and oxygen atoms in total. The van der Waals surface area contributed by atoms with Crippen molar-refractivity contribution < 1.29 is 9.59 Å². The molecule has 0 saturated heterocycles. The quantitative estimate of drug-likeness (QED) is 0.664. The highest BCUT2D eigenvalue weighted by Crippen LogP contribution is 2.39. The van der Waals surface area contributed by atoms with Crippen molar-refractivity contribution in [2.45, 2.75) is 32.2 Å². The molecular formula is C23H26N6O2. The van der Waals surface area contributed by atoms with Crippen molar-refractivity contribution in [3.63, 3.8) is 0 Å². The van der Waals surface area contributed by atoms with E-state index in [-0.39, 0.29) is 11.8 Å². The number of carbonyl (C=O) groups is 2. The van der Waals surface area contributed by atoms with Crippen LogP contribution in [0, 0.1) is 6.92 Å². The maximum absolute atomic E-state index is 12.6. The number of hydrogen-bond acceptors (Lipinski definition) is 5. The van der Waals surface area contributed by atoms with Crippen LogP contribution in [0.3, 0.4) is 0 Å². The lowest BCUT2D eigenvalue weighted by Gasteiger charge is -2.14. The summed E-state index contributed by atoms with van der Waals surface area (Å²) in [6, 6.07) is 9.55. The van der Waals surface area contributed by atoms with Gasteiger partial charge in [-0.1, -0.05) is 24.3 Å². The molecule has 0 radical (unpaired) electrons. The van der Waals surface area contributed by atoms with E-state index in [4.69, 9.17) is 0 Å². The Morgan fingerprint density at radius 1 is 1.19 bits per heavy atom. The van der Waals surface area contributed by atoms with Crippen LogP contribution in [0.2, 0.25) is 0 Å². The van der Waals surface area contributed by atoms with Crippen LogP contribution in [0.4, 0.5) is 0 Å². The molecule has 1 aliphatic carbocycles. The first-order valence-electron chi connectivity index (χ1n) is 10.3. The first-order chi connectivity index (χ1) is 14.8. The molecule has 0 atom stereocenters. The zero-order valence-electron chi connectivity index (χ0n) is 18.2. The van der Waals surface area contributed by atoms with E-state index in [0.29, 0.717) is 35.2 Å². The minimum absolute atomic E-state index is 0.142. The van der Waals surface area contributed by atoms with Gasteiger partial charge in [0, 0.05) is 45.4 Å². The predicted molar refractivity (Wildman–Crippen MR) is 117 cm³/mol. The molecule has 31 heavy (non-hydrogen) atoms. The lowest BCUT2D eigenvalue weighted by atomic mass is 10.0. The van der Waals surface area contributed by atoms with Gasteiger partial charge >= 0.3 is 0 Å². The predicted octanol–water partition coefficient (Wildman–Crippen LogP) is 2.69. The number of nitrogens with one attached hydrogen (secondary N) is 1. The highest BCUT2D eigenvalue weighted by Gasteiger charge is 2.28. The first-order valence-corrected chi connectivity index (χ1v) is 10.3. The Bertz CT molecular complexity index is 1130. The third-order valence-corrected chi connectivity index (χ3v) is 5.35. The van der Waals surface area contributed by atoms with Crippen LogP contribution in [0.25, 0.3) is 11.3 Å². The molecule has 8 heteroatoms. The number of nitrogens with zero attached hydrogens (tertiary/aromatic N) is 5. The van der Waals surface area contributed by atoms with Crippen LogP contribution >= 0.6 is 0 Å². The molecule has 4 rings (SSSR count). The zero-order valence-corrected chi connectivity index (χ0v) is 18.2. The van der Waals surface area contributed by atoms with Gasteiger partial charge in [-0.3, -0.25) is 14.3 Å². The van der Waals surface area contributed by atoms with E-state index in [1.807, 2.05) is 30.3 Å². The summed E-state index contributed by atoms with van der Waals surface area (Å²) >= 11 is 0. The average molecular weight is 419 g/mol. The number of aryl methyl sites for hydroxylation is 2. The number of amides is 2. The standard InChI is InChI=1S/C23H26N6O2/c1-14-24-13-18(23(31)28(2)3)21(26-14)17-7-5-15(6-8-17)12-25-22(30)20-11-19(16-9-10-16)27-29(20)4/h5-8,11,13,16H,9-10,12H2,1-4H3,(H,25,30). The molecule has 1 N–H and O–H groups in total. The molecule has 1 fully saturated rings. The molecule has 2 heterocycles. The van der Waals surface area contributed by atoms with E-state index < -0.39 is 0 Å². The maximum atomic E-state index is 12.6. The second kappa shape index (κ2) is 8.29. The fourth-order valence-electron chi connectivity index (χ4n) is 3.42. The average Bonchev–Trinajstić information content (AvgIpc) is 3.53. The minimum atomic E-state index is -0.145. The van der Waals surface area contributed by atoms with Gasteiger partial charge in [-0.05, 0) is 31.4 Å². The molecule has 0 spiro atoms. The summed E-state index contributed by atoms with van der Waals surface area (Å²) in [5, 5.41) is 7.40. The summed E-state index contributed by atoms with van der Waals surface area (Å²) in [4.78, 5) is 35.2. The number of carbonyl (C=O) groups excluding carboxylic acids is 2. The summed E-state index contributed by atoms with van der Waals surface area (Å²) in [6.45, 7) is 2.19. The SMILES string of the molecule is Cc1ncc(C(=O)N(C)C)c(-c2ccc(CNC(=O)c3cc(C4CC4)nn3C)cc2)n1. The van der Waals surface area contributed by atoms with Gasteiger partial charge in [-0.25, -0.2) is 9.97 Å². The van der Waals surface area contributed by atoms with E-state index in [0.717, 1.165) is 29.7 Å². The second-order valence-electron chi connectivity index (χ2n) is 8.11. The third-order valence-electron chi connectivity index (χ3n) is 5.35. The van der Waals surface area contributed by atoms with Crippen molar-refractivity contribution in [1.29, 1.82) is 0 Å². The van der Waals surface area contributed by atoms with E-state index in [9.17, 15) is 9.59 Å². The van der Waals surface area contributed by atoms with E-state index in [1.165, 1.54) is 4.90 Å². The lowest BCUT2D eigenvalue weighted by Crippen LogP contribution is -2.25. The fourth-order valence-corrected chi connectivity index (χ4v) is 3.42. The second-order valence-corrected chi connectivity index (χ2v) is 8.11. The summed E-state index contributed by atoms with van der Waals surface area (Å²) in [5.74, 6) is 0.822. The van der Waals surface area contributed by atoms with Crippen molar-refractivity contribution >= 4 is 11.8 Å². The Balaban J connectivity index is 1.47. The van der Waals surface area contributed by atoms with Gasteiger partial charge in [0.2, 0.25) is 0 Å². The molecule has 1 saturated carbocycles. The monoisotopic (exact) mass is 418 g/mol. The molecule has 0 bridgehead atoms. The third kappa shape index (κ3) is 4.47. The molecule has 1 aromatic carbocycles.